The number of amides is 1. The second kappa shape index (κ2) is 10.1. The highest BCUT2D eigenvalue weighted by molar-refractivity contribution is 7.97. The van der Waals surface area contributed by atoms with E-state index in [9.17, 15) is 9.59 Å². The molecule has 0 fully saturated rings. The fourth-order valence-corrected chi connectivity index (χ4v) is 4.35. The van der Waals surface area contributed by atoms with Crippen LogP contribution >= 0.6 is 23.5 Å². The highest BCUT2D eigenvalue weighted by Gasteiger charge is 2.20. The Morgan fingerprint density at radius 2 is 1.91 bits per heavy atom. The summed E-state index contributed by atoms with van der Waals surface area (Å²) in [5, 5.41) is 4.10. The molecular weight excluding hydrogens is 484 g/mol. The van der Waals surface area contributed by atoms with E-state index in [1.807, 2.05) is 45.0 Å². The summed E-state index contributed by atoms with van der Waals surface area (Å²) < 4.78 is 4.22. The Morgan fingerprint density at radius 3 is 2.60 bits per heavy atom. The van der Waals surface area contributed by atoms with E-state index in [0.29, 0.717) is 22.4 Å². The van der Waals surface area contributed by atoms with Gasteiger partial charge in [0, 0.05) is 36.3 Å². The maximum absolute atomic E-state index is 13.3. The normalized spacial score (nSPS) is 11.9. The number of rotatable bonds is 6. The minimum atomic E-state index is -0.357. The van der Waals surface area contributed by atoms with Gasteiger partial charge in [-0.1, -0.05) is 29.6 Å². The third kappa shape index (κ3) is 5.01. The Balaban J connectivity index is 1.84. The predicted octanol–water partition coefficient (Wildman–Crippen LogP) is 4.84. The van der Waals surface area contributed by atoms with E-state index < -0.39 is 0 Å². The summed E-state index contributed by atoms with van der Waals surface area (Å²) in [6.07, 6.45) is 3.47. The van der Waals surface area contributed by atoms with Crippen LogP contribution in [-0.4, -0.2) is 31.7 Å². The number of anilines is 1. The molecule has 0 radical (unpaired) electrons. The van der Waals surface area contributed by atoms with E-state index in [0.717, 1.165) is 22.4 Å². The molecule has 4 aromatic rings. The number of carbonyl (C=O) groups is 1. The van der Waals surface area contributed by atoms with Crippen LogP contribution in [0.15, 0.2) is 47.4 Å². The van der Waals surface area contributed by atoms with Crippen molar-refractivity contribution in [1.29, 1.82) is 0 Å². The zero-order valence-corrected chi connectivity index (χ0v) is 21.6. The van der Waals surface area contributed by atoms with Gasteiger partial charge in [0.25, 0.3) is 11.5 Å². The lowest BCUT2D eigenvalue weighted by molar-refractivity contribution is 0.0980. The van der Waals surface area contributed by atoms with Gasteiger partial charge < -0.3 is 5.32 Å². The van der Waals surface area contributed by atoms with Gasteiger partial charge in [-0.3, -0.25) is 23.9 Å². The molecule has 0 aliphatic carbocycles. The third-order valence-electron chi connectivity index (χ3n) is 5.63. The van der Waals surface area contributed by atoms with Crippen LogP contribution in [0.5, 0.6) is 0 Å². The maximum Gasteiger partial charge on any atom is 0.281 e. The van der Waals surface area contributed by atoms with Crippen LogP contribution in [0.25, 0.3) is 22.3 Å². The number of pyridine rings is 2. The minimum absolute atomic E-state index is 0.143. The minimum Gasteiger partial charge on any atom is -0.377 e. The fraction of sp³-hybridized carbons (Fsp3) is 0.240. The van der Waals surface area contributed by atoms with Crippen molar-refractivity contribution >= 4 is 46.0 Å². The molecule has 0 spiro atoms. The van der Waals surface area contributed by atoms with E-state index in [-0.39, 0.29) is 28.4 Å². The quantitative estimate of drug-likeness (QED) is 0.284. The first-order chi connectivity index (χ1) is 16.7. The topological polar surface area (TPSA) is 102 Å². The van der Waals surface area contributed by atoms with Crippen molar-refractivity contribution in [2.45, 2.75) is 26.8 Å². The highest BCUT2D eigenvalue weighted by Crippen LogP contribution is 2.29. The summed E-state index contributed by atoms with van der Waals surface area (Å²) in [6.45, 7) is 5.80. The number of carbonyl (C=O) groups excluding carboxylic acids is 1. The van der Waals surface area contributed by atoms with Crippen LogP contribution in [0.3, 0.4) is 0 Å². The first-order valence-corrected chi connectivity index (χ1v) is 12.5. The average Bonchev–Trinajstić information content (AvgIpc) is 2.83. The molecule has 3 heterocycles. The number of nitrogens with one attached hydrogen (secondary N) is 2. The summed E-state index contributed by atoms with van der Waals surface area (Å²) in [7, 11) is 1.71. The lowest BCUT2D eigenvalue weighted by Crippen LogP contribution is -2.22. The van der Waals surface area contributed by atoms with Gasteiger partial charge in [0.2, 0.25) is 0 Å². The summed E-state index contributed by atoms with van der Waals surface area (Å²) in [4.78, 5) is 39.4. The van der Waals surface area contributed by atoms with E-state index in [1.54, 1.807) is 36.2 Å². The molecule has 0 aliphatic rings. The number of fused-ring (bicyclic) bond motifs is 1. The van der Waals surface area contributed by atoms with Gasteiger partial charge in [-0.2, -0.15) is 0 Å². The Bertz CT molecular complexity index is 1490. The molecular formula is C25H25ClN6O2S. The van der Waals surface area contributed by atoms with E-state index in [2.05, 4.69) is 20.0 Å². The molecule has 3 aromatic heterocycles. The van der Waals surface area contributed by atoms with Gasteiger partial charge in [0.1, 0.15) is 11.0 Å². The molecule has 1 amide bonds. The zero-order chi connectivity index (χ0) is 25.3. The maximum atomic E-state index is 13.3. The first-order valence-electron chi connectivity index (χ1n) is 10.9. The second-order valence-electron chi connectivity index (χ2n) is 8.27. The SMILES string of the molecule is CSNC(=O)c1nc(Cl)ccc1NC(C)c1cc(C)cc2c(=O)n(C)c(-c3ccc(C)nc3)nc12. The summed E-state index contributed by atoms with van der Waals surface area (Å²) in [6, 6.07) is 10.7. The Kier molecular flexibility index (Phi) is 7.09. The van der Waals surface area contributed by atoms with Crippen molar-refractivity contribution in [3.05, 3.63) is 80.6 Å². The molecule has 0 bridgehead atoms. The van der Waals surface area contributed by atoms with Gasteiger partial charge in [-0.15, -0.1) is 0 Å². The van der Waals surface area contributed by atoms with Crippen LogP contribution < -0.4 is 15.6 Å². The molecule has 2 N–H and O–H groups in total. The lowest BCUT2D eigenvalue weighted by Gasteiger charge is -2.20. The van der Waals surface area contributed by atoms with E-state index in [4.69, 9.17) is 16.6 Å². The molecule has 0 saturated carbocycles. The van der Waals surface area contributed by atoms with Crippen LogP contribution in [-0.2, 0) is 7.05 Å². The molecule has 4 rings (SSSR count). The van der Waals surface area contributed by atoms with E-state index >= 15 is 0 Å². The number of aromatic nitrogens is 4. The molecule has 10 heteroatoms. The lowest BCUT2D eigenvalue weighted by atomic mass is 10.0. The average molecular weight is 509 g/mol. The van der Waals surface area contributed by atoms with Crippen LogP contribution in [0, 0.1) is 13.8 Å². The molecule has 1 aromatic carbocycles. The monoisotopic (exact) mass is 508 g/mol. The predicted molar refractivity (Wildman–Crippen MR) is 142 cm³/mol. The molecule has 8 nitrogen and oxygen atoms in total. The van der Waals surface area contributed by atoms with Gasteiger partial charge in [-0.05, 0) is 56.7 Å². The second-order valence-corrected chi connectivity index (χ2v) is 9.27. The fourth-order valence-electron chi connectivity index (χ4n) is 3.92. The Morgan fingerprint density at radius 1 is 1.14 bits per heavy atom. The van der Waals surface area contributed by atoms with Gasteiger partial charge in [0.15, 0.2) is 5.69 Å². The van der Waals surface area contributed by atoms with Crippen LogP contribution in [0.2, 0.25) is 5.15 Å². The van der Waals surface area contributed by atoms with Crippen LogP contribution in [0.1, 0.15) is 40.3 Å². The summed E-state index contributed by atoms with van der Waals surface area (Å²) in [5.74, 6) is 0.172. The Labute approximate surface area is 212 Å². The largest absolute Gasteiger partial charge is 0.377 e. The standard InChI is InChI=1S/C25H25ClN6O2S/c1-13-10-17(15(3)28-19-8-9-20(26)29-22(19)24(33)31-35-5)21-18(11-13)25(34)32(4)23(30-21)16-7-6-14(2)27-12-16/h6-12,15,28H,1-5H3,(H,31,33). The number of aryl methyl sites for hydroxylation is 2. The number of hydrogen-bond acceptors (Lipinski definition) is 7. The highest BCUT2D eigenvalue weighted by atomic mass is 35.5. The molecule has 1 atom stereocenters. The van der Waals surface area contributed by atoms with Gasteiger partial charge in [0.05, 0.1) is 22.6 Å². The van der Waals surface area contributed by atoms with Crippen LogP contribution in [0.4, 0.5) is 5.69 Å². The molecule has 0 saturated heterocycles. The van der Waals surface area contributed by atoms with Crippen molar-refractivity contribution < 1.29 is 4.79 Å². The smallest absolute Gasteiger partial charge is 0.281 e. The summed E-state index contributed by atoms with van der Waals surface area (Å²) in [5.41, 5.74) is 4.54. The first kappa shape index (κ1) is 24.7. The Hall–Kier alpha value is -3.43. The van der Waals surface area contributed by atoms with Crippen molar-refractivity contribution in [1.82, 2.24) is 24.2 Å². The molecule has 35 heavy (non-hydrogen) atoms. The number of benzene rings is 1. The number of halogens is 1. The molecule has 180 valence electrons. The molecule has 0 aliphatic heterocycles. The molecule has 1 unspecified atom stereocenters. The van der Waals surface area contributed by atoms with Gasteiger partial charge in [-0.25, -0.2) is 9.97 Å². The zero-order valence-electron chi connectivity index (χ0n) is 20.0. The van der Waals surface area contributed by atoms with Crippen molar-refractivity contribution in [3.8, 4) is 11.4 Å². The number of hydrogen-bond donors (Lipinski definition) is 2. The van der Waals surface area contributed by atoms with Crippen molar-refractivity contribution in [3.63, 3.8) is 0 Å². The summed E-state index contributed by atoms with van der Waals surface area (Å²) >= 11 is 7.23. The van der Waals surface area contributed by atoms with Crippen molar-refractivity contribution in [2.75, 3.05) is 11.6 Å². The van der Waals surface area contributed by atoms with E-state index in [1.165, 1.54) is 11.9 Å². The number of nitrogens with zero attached hydrogens (tertiary/aromatic N) is 4. The van der Waals surface area contributed by atoms with Crippen molar-refractivity contribution in [2.24, 2.45) is 7.05 Å². The van der Waals surface area contributed by atoms with Gasteiger partial charge >= 0.3 is 0 Å². The third-order valence-corrected chi connectivity index (χ3v) is 6.23.